The number of rotatable bonds is 3. The van der Waals surface area contributed by atoms with Crippen molar-refractivity contribution in [1.82, 2.24) is 15.1 Å². The molecule has 0 fully saturated rings. The van der Waals surface area contributed by atoms with Gasteiger partial charge in [-0.3, -0.25) is 14.8 Å². The number of hydrogen-bond acceptors (Lipinski definition) is 4. The van der Waals surface area contributed by atoms with Crippen molar-refractivity contribution < 1.29 is 9.53 Å². The van der Waals surface area contributed by atoms with Gasteiger partial charge >= 0.3 is 0 Å². The molecule has 2 aromatic rings. The third-order valence-electron chi connectivity index (χ3n) is 3.66. The highest BCUT2D eigenvalue weighted by Gasteiger charge is 2.26. The van der Waals surface area contributed by atoms with E-state index in [2.05, 4.69) is 15.7 Å². The molecule has 0 saturated heterocycles. The Labute approximate surface area is 139 Å². The second-order valence-electron chi connectivity index (χ2n) is 5.66. The van der Waals surface area contributed by atoms with Crippen LogP contribution in [0.25, 0.3) is 0 Å². The van der Waals surface area contributed by atoms with Crippen LogP contribution in [0, 0.1) is 0 Å². The molecule has 2 N–H and O–H groups in total. The van der Waals surface area contributed by atoms with Crippen molar-refractivity contribution in [3.05, 3.63) is 41.0 Å². The first-order chi connectivity index (χ1) is 11.1. The number of nitrogens with zero attached hydrogens (tertiary/aromatic N) is 2. The molecular formula is C16H19ClN4O2. The number of benzene rings is 1. The van der Waals surface area contributed by atoms with Crippen LogP contribution in [0.2, 0.25) is 5.02 Å². The lowest BCUT2D eigenvalue weighted by Crippen LogP contribution is -2.33. The van der Waals surface area contributed by atoms with Crippen molar-refractivity contribution in [2.24, 2.45) is 0 Å². The molecule has 1 atom stereocenters. The molecule has 122 valence electrons. The number of aromatic nitrogens is 2. The molecule has 1 amide bonds. The number of hydrogen-bond donors (Lipinski definition) is 2. The fourth-order valence-electron chi connectivity index (χ4n) is 2.47. The minimum atomic E-state index is -0.506. The van der Waals surface area contributed by atoms with Crippen LogP contribution in [0.1, 0.15) is 31.5 Å². The molecule has 0 spiro atoms. The van der Waals surface area contributed by atoms with Crippen LogP contribution in [0.4, 0.5) is 5.82 Å². The average molecular weight is 335 g/mol. The molecule has 0 saturated carbocycles. The molecule has 2 heterocycles. The summed E-state index contributed by atoms with van der Waals surface area (Å²) in [6.45, 7) is 5.09. The second-order valence-corrected chi connectivity index (χ2v) is 6.07. The van der Waals surface area contributed by atoms with E-state index in [1.807, 2.05) is 38.1 Å². The summed E-state index contributed by atoms with van der Waals surface area (Å²) in [6.07, 6.45) is 1.71. The molecule has 0 radical (unpaired) electrons. The van der Waals surface area contributed by atoms with Gasteiger partial charge in [0.2, 0.25) is 5.91 Å². The van der Waals surface area contributed by atoms with E-state index in [9.17, 15) is 4.79 Å². The van der Waals surface area contributed by atoms with Gasteiger partial charge in [-0.2, -0.15) is 5.10 Å². The Hall–Kier alpha value is -2.05. The highest BCUT2D eigenvalue weighted by atomic mass is 35.5. The van der Waals surface area contributed by atoms with Crippen molar-refractivity contribution in [2.45, 2.75) is 25.9 Å². The van der Waals surface area contributed by atoms with Crippen LogP contribution in [0.5, 0.6) is 5.75 Å². The Balaban J connectivity index is 1.83. The van der Waals surface area contributed by atoms with E-state index in [0.717, 1.165) is 11.3 Å². The lowest BCUT2D eigenvalue weighted by Gasteiger charge is -2.16. The summed E-state index contributed by atoms with van der Waals surface area (Å²) in [5.41, 5.74) is 0.807. The van der Waals surface area contributed by atoms with Crippen LogP contribution >= 0.6 is 11.6 Å². The summed E-state index contributed by atoms with van der Waals surface area (Å²) in [7, 11) is 0. The quantitative estimate of drug-likeness (QED) is 0.905. The molecule has 1 aliphatic heterocycles. The lowest BCUT2D eigenvalue weighted by molar-refractivity contribution is -0.118. The van der Waals surface area contributed by atoms with Crippen molar-refractivity contribution in [3.8, 4) is 5.75 Å². The van der Waals surface area contributed by atoms with Crippen molar-refractivity contribution in [1.29, 1.82) is 0 Å². The van der Waals surface area contributed by atoms with Gasteiger partial charge in [-0.15, -0.1) is 0 Å². The monoisotopic (exact) mass is 334 g/mol. The summed E-state index contributed by atoms with van der Waals surface area (Å²) >= 11 is 6.16. The number of amides is 1. The van der Waals surface area contributed by atoms with Crippen molar-refractivity contribution in [3.63, 3.8) is 0 Å². The molecular weight excluding hydrogens is 316 g/mol. The number of fused-ring (bicyclic) bond motifs is 1. The van der Waals surface area contributed by atoms with Gasteiger partial charge < -0.3 is 10.1 Å². The van der Waals surface area contributed by atoms with Gasteiger partial charge in [0.05, 0.1) is 0 Å². The zero-order chi connectivity index (χ0) is 16.4. The van der Waals surface area contributed by atoms with E-state index in [-0.39, 0.29) is 11.9 Å². The molecule has 0 aliphatic carbocycles. The Morgan fingerprint density at radius 1 is 1.48 bits per heavy atom. The van der Waals surface area contributed by atoms with Gasteiger partial charge in [0, 0.05) is 24.3 Å². The molecule has 0 bridgehead atoms. The minimum Gasteiger partial charge on any atom is -0.492 e. The van der Waals surface area contributed by atoms with E-state index >= 15 is 0 Å². The lowest BCUT2D eigenvalue weighted by atomic mass is 10.1. The Morgan fingerprint density at radius 3 is 3.00 bits per heavy atom. The number of carbonyl (C=O) groups excluding carboxylic acids is 1. The molecule has 1 aromatic carbocycles. The van der Waals surface area contributed by atoms with Crippen LogP contribution in [0.15, 0.2) is 30.5 Å². The third kappa shape index (κ3) is 3.33. The summed E-state index contributed by atoms with van der Waals surface area (Å²) in [6, 6.07) is 7.18. The van der Waals surface area contributed by atoms with Gasteiger partial charge in [0.15, 0.2) is 5.82 Å². The number of halogens is 1. The summed E-state index contributed by atoms with van der Waals surface area (Å²) in [4.78, 5) is 12.7. The highest BCUT2D eigenvalue weighted by molar-refractivity contribution is 6.33. The molecule has 23 heavy (non-hydrogen) atoms. The Kier molecular flexibility index (Phi) is 4.54. The first kappa shape index (κ1) is 15.8. The van der Waals surface area contributed by atoms with Gasteiger partial charge in [-0.25, -0.2) is 0 Å². The van der Waals surface area contributed by atoms with E-state index in [1.54, 1.807) is 10.9 Å². The molecule has 6 nitrogen and oxygen atoms in total. The molecule has 1 unspecified atom stereocenters. The van der Waals surface area contributed by atoms with Crippen molar-refractivity contribution >= 4 is 23.3 Å². The maximum atomic E-state index is 12.7. The maximum Gasteiger partial charge on any atom is 0.247 e. The normalized spacial score (nSPS) is 17.3. The Bertz CT molecular complexity index is 714. The topological polar surface area (TPSA) is 68.2 Å². The summed E-state index contributed by atoms with van der Waals surface area (Å²) < 4.78 is 7.37. The van der Waals surface area contributed by atoms with Crippen LogP contribution < -0.4 is 15.4 Å². The zero-order valence-corrected chi connectivity index (χ0v) is 13.8. The number of nitrogens with one attached hydrogen (secondary N) is 2. The minimum absolute atomic E-state index is 0.170. The predicted molar refractivity (Wildman–Crippen MR) is 88.9 cm³/mol. The average Bonchev–Trinajstić information content (AvgIpc) is 2.77. The molecule has 3 rings (SSSR count). The standard InChI is InChI=1S/C16H19ClN4O2/c1-10(2)21-9-12(17)15(20-21)19-16(22)14-11-5-3-4-6-13(11)23-8-7-18-14/h3-6,9-10,14,18H,7-8H2,1-2H3,(H,19,20,22). The molecule has 7 heteroatoms. The fourth-order valence-corrected chi connectivity index (χ4v) is 2.65. The van der Waals surface area contributed by atoms with Crippen molar-refractivity contribution in [2.75, 3.05) is 18.5 Å². The van der Waals surface area contributed by atoms with E-state index in [1.165, 1.54) is 0 Å². The number of carbonyl (C=O) groups is 1. The van der Waals surface area contributed by atoms with E-state index in [0.29, 0.717) is 24.0 Å². The fraction of sp³-hybridized carbons (Fsp3) is 0.375. The van der Waals surface area contributed by atoms with E-state index in [4.69, 9.17) is 16.3 Å². The largest absolute Gasteiger partial charge is 0.492 e. The third-order valence-corrected chi connectivity index (χ3v) is 3.93. The van der Waals surface area contributed by atoms with Gasteiger partial charge in [-0.1, -0.05) is 29.8 Å². The van der Waals surface area contributed by atoms with Crippen LogP contribution in [-0.4, -0.2) is 28.8 Å². The van der Waals surface area contributed by atoms with Crippen LogP contribution in [0.3, 0.4) is 0 Å². The first-order valence-corrected chi connectivity index (χ1v) is 7.94. The number of anilines is 1. The molecule has 1 aliphatic rings. The van der Waals surface area contributed by atoms with Gasteiger partial charge in [0.1, 0.15) is 23.4 Å². The second kappa shape index (κ2) is 6.60. The Morgan fingerprint density at radius 2 is 2.26 bits per heavy atom. The van der Waals surface area contributed by atoms with Gasteiger partial charge in [-0.05, 0) is 19.9 Å². The summed E-state index contributed by atoms with van der Waals surface area (Å²) in [5, 5.41) is 10.7. The number of para-hydroxylation sites is 1. The zero-order valence-electron chi connectivity index (χ0n) is 13.0. The van der Waals surface area contributed by atoms with Crippen LogP contribution in [-0.2, 0) is 4.79 Å². The van der Waals surface area contributed by atoms with E-state index < -0.39 is 6.04 Å². The first-order valence-electron chi connectivity index (χ1n) is 7.57. The SMILES string of the molecule is CC(C)n1cc(Cl)c(NC(=O)C2NCCOc3ccccc32)n1. The highest BCUT2D eigenvalue weighted by Crippen LogP contribution is 2.29. The predicted octanol–water partition coefficient (Wildman–Crippen LogP) is 2.78. The van der Waals surface area contributed by atoms with Gasteiger partial charge in [0.25, 0.3) is 0 Å². The number of ether oxygens (including phenoxy) is 1. The summed E-state index contributed by atoms with van der Waals surface area (Å²) in [5.74, 6) is 0.880. The maximum absolute atomic E-state index is 12.7. The smallest absolute Gasteiger partial charge is 0.247 e. The molecule has 1 aromatic heterocycles.